The van der Waals surface area contributed by atoms with E-state index >= 15 is 0 Å². The van der Waals surface area contributed by atoms with Gasteiger partial charge in [0.2, 0.25) is 0 Å². The van der Waals surface area contributed by atoms with Gasteiger partial charge in [0.05, 0.1) is 12.8 Å². The molecule has 3 rings (SSSR count). The fourth-order valence-corrected chi connectivity index (χ4v) is 3.22. The molecule has 0 unspecified atom stereocenters. The van der Waals surface area contributed by atoms with E-state index in [1.807, 2.05) is 49.4 Å². The molecule has 3 aromatic carbocycles. The third-order valence-electron chi connectivity index (χ3n) is 4.85. The largest absolute Gasteiger partial charge is 0.495 e. The van der Waals surface area contributed by atoms with Crippen LogP contribution in [-0.4, -0.2) is 19.1 Å². The molecular weight excluding hydrogens is 348 g/mol. The lowest BCUT2D eigenvalue weighted by atomic mass is 9.97. The Hall–Kier alpha value is -3.11. The van der Waals surface area contributed by atoms with E-state index in [4.69, 9.17) is 4.74 Å². The van der Waals surface area contributed by atoms with Gasteiger partial charge >= 0.3 is 0 Å². The van der Waals surface area contributed by atoms with Crippen LogP contribution in [-0.2, 0) is 4.79 Å². The summed E-state index contributed by atoms with van der Waals surface area (Å²) in [6, 6.07) is 26.0. The molecule has 3 aromatic rings. The summed E-state index contributed by atoms with van der Waals surface area (Å²) in [6.45, 7) is 4.00. The molecule has 0 aliphatic heterocycles. The van der Waals surface area contributed by atoms with Crippen LogP contribution in [0.15, 0.2) is 78.9 Å². The van der Waals surface area contributed by atoms with E-state index in [-0.39, 0.29) is 18.0 Å². The van der Waals surface area contributed by atoms with Crippen LogP contribution < -0.4 is 15.4 Å². The van der Waals surface area contributed by atoms with Gasteiger partial charge in [-0.1, -0.05) is 72.3 Å². The minimum Gasteiger partial charge on any atom is -0.495 e. The number of quaternary nitrogens is 1. The quantitative estimate of drug-likeness (QED) is 0.662. The first kappa shape index (κ1) is 19.6. The molecule has 0 radical (unpaired) electrons. The van der Waals surface area contributed by atoms with Gasteiger partial charge in [-0.25, -0.2) is 0 Å². The molecule has 4 heteroatoms. The van der Waals surface area contributed by atoms with Crippen LogP contribution in [0.25, 0.3) is 0 Å². The van der Waals surface area contributed by atoms with Crippen LogP contribution in [0, 0.1) is 6.92 Å². The number of ether oxygens (including phenoxy) is 1. The molecule has 0 aromatic heterocycles. The number of para-hydroxylation sites is 2. The standard InChI is InChI=1S/C24H26N2O2/c1-17-13-15-20(16-14-17)23(19-9-5-4-6-10-19)25-18(2)24(27)26-21-11-7-8-12-22(21)28-3/h4-16,18,23,25H,1-3H3,(H,26,27)/p+1/t18-,23-/m1/s1. The third-order valence-corrected chi connectivity index (χ3v) is 4.85. The highest BCUT2D eigenvalue weighted by atomic mass is 16.5. The Bertz CT molecular complexity index is 907. The monoisotopic (exact) mass is 375 g/mol. The van der Waals surface area contributed by atoms with E-state index in [0.29, 0.717) is 11.4 Å². The average Bonchev–Trinajstić information content (AvgIpc) is 2.73. The average molecular weight is 375 g/mol. The molecule has 4 nitrogen and oxygen atoms in total. The fourth-order valence-electron chi connectivity index (χ4n) is 3.22. The van der Waals surface area contributed by atoms with Crippen molar-refractivity contribution in [2.24, 2.45) is 0 Å². The smallest absolute Gasteiger partial charge is 0.282 e. The maximum atomic E-state index is 12.8. The molecular formula is C24H27N2O2+. The molecule has 0 spiro atoms. The van der Waals surface area contributed by atoms with Crippen LogP contribution in [0.2, 0.25) is 0 Å². The number of benzene rings is 3. The normalized spacial score (nSPS) is 12.8. The zero-order valence-corrected chi connectivity index (χ0v) is 16.6. The predicted octanol–water partition coefficient (Wildman–Crippen LogP) is 3.68. The number of amides is 1. The molecule has 0 bridgehead atoms. The van der Waals surface area contributed by atoms with Gasteiger partial charge in [-0.2, -0.15) is 0 Å². The second-order valence-electron chi connectivity index (χ2n) is 6.97. The number of hydrogen-bond acceptors (Lipinski definition) is 2. The first-order valence-corrected chi connectivity index (χ1v) is 9.49. The van der Waals surface area contributed by atoms with E-state index in [9.17, 15) is 4.79 Å². The van der Waals surface area contributed by atoms with E-state index < -0.39 is 0 Å². The van der Waals surface area contributed by atoms with Crippen molar-refractivity contribution in [1.29, 1.82) is 0 Å². The van der Waals surface area contributed by atoms with Gasteiger partial charge in [0.1, 0.15) is 11.8 Å². The Morgan fingerprint density at radius 1 is 0.893 bits per heavy atom. The number of carbonyl (C=O) groups is 1. The Labute approximate surface area is 166 Å². The zero-order chi connectivity index (χ0) is 19.9. The Morgan fingerprint density at radius 3 is 2.18 bits per heavy atom. The SMILES string of the molecule is COc1ccccc1NC(=O)[C@@H](C)[NH2+][C@H](c1ccccc1)c1ccc(C)cc1. The van der Waals surface area contributed by atoms with Crippen molar-refractivity contribution in [2.45, 2.75) is 25.9 Å². The number of methoxy groups -OCH3 is 1. The van der Waals surface area contributed by atoms with Crippen molar-refractivity contribution in [3.8, 4) is 5.75 Å². The number of nitrogens with one attached hydrogen (secondary N) is 1. The topological polar surface area (TPSA) is 54.9 Å². The van der Waals surface area contributed by atoms with Crippen molar-refractivity contribution >= 4 is 11.6 Å². The van der Waals surface area contributed by atoms with Crippen LogP contribution in [0.3, 0.4) is 0 Å². The van der Waals surface area contributed by atoms with Crippen molar-refractivity contribution in [3.63, 3.8) is 0 Å². The molecule has 144 valence electrons. The Balaban J connectivity index is 1.80. The molecule has 0 saturated heterocycles. The summed E-state index contributed by atoms with van der Waals surface area (Å²) in [5, 5.41) is 5.09. The molecule has 0 aliphatic rings. The number of nitrogens with two attached hydrogens (primary N) is 1. The molecule has 3 N–H and O–H groups in total. The van der Waals surface area contributed by atoms with Crippen LogP contribution in [0.4, 0.5) is 5.69 Å². The summed E-state index contributed by atoms with van der Waals surface area (Å²) in [6.07, 6.45) is 0. The molecule has 0 aliphatic carbocycles. The summed E-state index contributed by atoms with van der Waals surface area (Å²) >= 11 is 0. The van der Waals surface area contributed by atoms with Crippen molar-refractivity contribution < 1.29 is 14.8 Å². The highest BCUT2D eigenvalue weighted by Gasteiger charge is 2.25. The van der Waals surface area contributed by atoms with E-state index in [1.54, 1.807) is 7.11 Å². The number of aryl methyl sites for hydroxylation is 1. The van der Waals surface area contributed by atoms with E-state index in [0.717, 1.165) is 0 Å². The van der Waals surface area contributed by atoms with Crippen LogP contribution >= 0.6 is 0 Å². The first-order valence-electron chi connectivity index (χ1n) is 9.49. The molecule has 0 fully saturated rings. The minimum atomic E-state index is -0.281. The maximum absolute atomic E-state index is 12.8. The third kappa shape index (κ3) is 4.78. The summed E-state index contributed by atoms with van der Waals surface area (Å²) < 4.78 is 5.33. The highest BCUT2D eigenvalue weighted by Crippen LogP contribution is 2.23. The van der Waals surface area contributed by atoms with Gasteiger partial charge in [-0.3, -0.25) is 4.79 Å². The van der Waals surface area contributed by atoms with Crippen LogP contribution in [0.5, 0.6) is 5.75 Å². The highest BCUT2D eigenvalue weighted by molar-refractivity contribution is 5.94. The number of hydrogen-bond donors (Lipinski definition) is 2. The number of rotatable bonds is 7. The fraction of sp³-hybridized carbons (Fsp3) is 0.208. The number of anilines is 1. The number of carbonyl (C=O) groups excluding carboxylic acids is 1. The minimum absolute atomic E-state index is 0.0419. The van der Waals surface area contributed by atoms with Gasteiger partial charge in [0.15, 0.2) is 6.04 Å². The van der Waals surface area contributed by atoms with Gasteiger partial charge in [-0.15, -0.1) is 0 Å². The Kier molecular flexibility index (Phi) is 6.45. The van der Waals surface area contributed by atoms with Crippen molar-refractivity contribution in [3.05, 3.63) is 95.6 Å². The van der Waals surface area contributed by atoms with E-state index in [2.05, 4.69) is 54.0 Å². The van der Waals surface area contributed by atoms with Gasteiger partial charge in [0.25, 0.3) is 5.91 Å². The summed E-state index contributed by atoms with van der Waals surface area (Å²) in [5.74, 6) is 0.596. The van der Waals surface area contributed by atoms with E-state index in [1.165, 1.54) is 16.7 Å². The molecule has 2 atom stereocenters. The Morgan fingerprint density at radius 2 is 1.50 bits per heavy atom. The van der Waals surface area contributed by atoms with Crippen molar-refractivity contribution in [1.82, 2.24) is 0 Å². The molecule has 0 saturated carbocycles. The van der Waals surface area contributed by atoms with Crippen LogP contribution in [0.1, 0.15) is 29.7 Å². The van der Waals surface area contributed by atoms with Crippen molar-refractivity contribution in [2.75, 3.05) is 12.4 Å². The molecule has 0 heterocycles. The second-order valence-corrected chi connectivity index (χ2v) is 6.97. The zero-order valence-electron chi connectivity index (χ0n) is 16.6. The molecule has 28 heavy (non-hydrogen) atoms. The summed E-state index contributed by atoms with van der Waals surface area (Å²) in [5.41, 5.74) is 4.25. The lowest BCUT2D eigenvalue weighted by molar-refractivity contribution is -0.704. The second kappa shape index (κ2) is 9.20. The lowest BCUT2D eigenvalue weighted by Crippen LogP contribution is -2.92. The molecule has 1 amide bonds. The summed E-state index contributed by atoms with van der Waals surface area (Å²) in [7, 11) is 1.60. The maximum Gasteiger partial charge on any atom is 0.282 e. The van der Waals surface area contributed by atoms with Gasteiger partial charge in [-0.05, 0) is 26.0 Å². The lowest BCUT2D eigenvalue weighted by Gasteiger charge is -2.21. The van der Waals surface area contributed by atoms with Gasteiger partial charge < -0.3 is 15.4 Å². The summed E-state index contributed by atoms with van der Waals surface area (Å²) in [4.78, 5) is 12.8. The first-order chi connectivity index (χ1) is 13.6. The predicted molar refractivity (Wildman–Crippen MR) is 112 cm³/mol. The van der Waals surface area contributed by atoms with Gasteiger partial charge in [0, 0.05) is 11.1 Å².